The van der Waals surface area contributed by atoms with Crippen molar-refractivity contribution in [3.63, 3.8) is 0 Å². The van der Waals surface area contributed by atoms with Crippen LogP contribution in [0.4, 0.5) is 14.5 Å². The summed E-state index contributed by atoms with van der Waals surface area (Å²) in [5.41, 5.74) is 1.47. The van der Waals surface area contributed by atoms with E-state index in [0.717, 1.165) is 17.7 Å². The number of benzene rings is 3. The van der Waals surface area contributed by atoms with Gasteiger partial charge in [-0.1, -0.05) is 29.8 Å². The Morgan fingerprint density at radius 1 is 0.938 bits per heavy atom. The molecular formula is C25H19F2NO4. The number of aliphatic hydroxyl groups is 1. The highest BCUT2D eigenvalue weighted by atomic mass is 19.1. The summed E-state index contributed by atoms with van der Waals surface area (Å²) in [6.07, 6.45) is 0. The van der Waals surface area contributed by atoms with E-state index in [1.165, 1.54) is 42.3 Å². The van der Waals surface area contributed by atoms with Crippen LogP contribution in [0.3, 0.4) is 0 Å². The molecule has 1 fully saturated rings. The van der Waals surface area contributed by atoms with E-state index in [1.807, 2.05) is 6.92 Å². The van der Waals surface area contributed by atoms with E-state index in [-0.39, 0.29) is 16.9 Å². The summed E-state index contributed by atoms with van der Waals surface area (Å²) in [5.74, 6) is -3.40. The topological polar surface area (TPSA) is 66.8 Å². The first-order valence-electron chi connectivity index (χ1n) is 9.79. The van der Waals surface area contributed by atoms with Crippen LogP contribution in [-0.2, 0) is 9.59 Å². The lowest BCUT2D eigenvalue weighted by molar-refractivity contribution is -0.132. The summed E-state index contributed by atoms with van der Waals surface area (Å²) in [5, 5.41) is 11.1. The molecule has 1 atom stereocenters. The van der Waals surface area contributed by atoms with Gasteiger partial charge in [0.15, 0.2) is 0 Å². The van der Waals surface area contributed by atoms with Crippen LogP contribution < -0.4 is 9.64 Å². The third-order valence-corrected chi connectivity index (χ3v) is 5.36. The number of nitrogens with zero attached hydrogens (tertiary/aromatic N) is 1. The highest BCUT2D eigenvalue weighted by molar-refractivity contribution is 6.51. The van der Waals surface area contributed by atoms with Gasteiger partial charge in [-0.3, -0.25) is 14.5 Å². The molecule has 1 unspecified atom stereocenters. The molecule has 0 bridgehead atoms. The fraction of sp³-hybridized carbons (Fsp3) is 0.120. The number of carbonyl (C=O) groups is 2. The monoisotopic (exact) mass is 435 g/mol. The molecule has 4 rings (SSSR count). The second kappa shape index (κ2) is 8.26. The maximum absolute atomic E-state index is 14.0. The molecule has 0 spiro atoms. The SMILES string of the molecule is COc1ccc(F)cc1/C(O)=C1\C(=O)C(=O)N(c2ccc(C)cc2)C1c1ccc(F)cc1. The standard InChI is InChI=1S/C25H19F2NO4/c1-14-3-10-18(11-4-14)28-22(15-5-7-16(26)8-6-15)21(24(30)25(28)31)23(29)19-13-17(27)9-12-20(19)32-2/h3-13,22,29H,1-2H3/b23-21+. The summed E-state index contributed by atoms with van der Waals surface area (Å²) in [6, 6.07) is 14.6. The van der Waals surface area contributed by atoms with Gasteiger partial charge in [-0.05, 0) is 55.0 Å². The molecule has 162 valence electrons. The highest BCUT2D eigenvalue weighted by Gasteiger charge is 2.47. The Bertz CT molecular complexity index is 1230. The second-order valence-electron chi connectivity index (χ2n) is 7.40. The number of aliphatic hydroxyl groups excluding tert-OH is 1. The molecule has 0 aliphatic carbocycles. The molecule has 0 saturated carbocycles. The van der Waals surface area contributed by atoms with Crippen molar-refractivity contribution in [2.75, 3.05) is 12.0 Å². The Hall–Kier alpha value is -4.00. The number of carbonyl (C=O) groups excluding carboxylic acids is 2. The van der Waals surface area contributed by atoms with Crippen molar-refractivity contribution >= 4 is 23.1 Å². The smallest absolute Gasteiger partial charge is 0.300 e. The van der Waals surface area contributed by atoms with Gasteiger partial charge in [-0.15, -0.1) is 0 Å². The number of Topliss-reactive ketones (excluding diaryl/α,β-unsaturated/α-hetero) is 1. The van der Waals surface area contributed by atoms with Gasteiger partial charge in [0.25, 0.3) is 11.7 Å². The van der Waals surface area contributed by atoms with Crippen LogP contribution >= 0.6 is 0 Å². The molecule has 32 heavy (non-hydrogen) atoms. The molecule has 1 aliphatic heterocycles. The lowest BCUT2D eigenvalue weighted by Crippen LogP contribution is -2.29. The van der Waals surface area contributed by atoms with Crippen LogP contribution in [0, 0.1) is 18.6 Å². The number of methoxy groups -OCH3 is 1. The Kier molecular flexibility index (Phi) is 5.48. The summed E-state index contributed by atoms with van der Waals surface area (Å²) >= 11 is 0. The first-order chi connectivity index (χ1) is 15.3. The normalized spacial score (nSPS) is 17.6. The van der Waals surface area contributed by atoms with Crippen LogP contribution in [0.15, 0.2) is 72.3 Å². The highest BCUT2D eigenvalue weighted by Crippen LogP contribution is 2.43. The van der Waals surface area contributed by atoms with Crippen molar-refractivity contribution in [3.05, 3.63) is 101 Å². The van der Waals surface area contributed by atoms with E-state index in [4.69, 9.17) is 4.74 Å². The minimum atomic E-state index is -1.05. The lowest BCUT2D eigenvalue weighted by atomic mass is 9.94. The first kappa shape index (κ1) is 21.2. The lowest BCUT2D eigenvalue weighted by Gasteiger charge is -2.25. The molecule has 0 aromatic heterocycles. The van der Waals surface area contributed by atoms with Crippen LogP contribution in [0.25, 0.3) is 5.76 Å². The average molecular weight is 435 g/mol. The average Bonchev–Trinajstić information content (AvgIpc) is 3.05. The number of aryl methyl sites for hydroxylation is 1. The fourth-order valence-electron chi connectivity index (χ4n) is 3.78. The molecule has 3 aromatic carbocycles. The van der Waals surface area contributed by atoms with E-state index in [1.54, 1.807) is 24.3 Å². The fourth-order valence-corrected chi connectivity index (χ4v) is 3.78. The van der Waals surface area contributed by atoms with Crippen molar-refractivity contribution in [3.8, 4) is 5.75 Å². The van der Waals surface area contributed by atoms with E-state index in [9.17, 15) is 23.5 Å². The van der Waals surface area contributed by atoms with E-state index in [2.05, 4.69) is 0 Å². The van der Waals surface area contributed by atoms with E-state index >= 15 is 0 Å². The number of ether oxygens (including phenoxy) is 1. The molecule has 1 heterocycles. The Morgan fingerprint density at radius 3 is 2.19 bits per heavy atom. The van der Waals surface area contributed by atoms with Crippen LogP contribution in [0.1, 0.15) is 22.7 Å². The van der Waals surface area contributed by atoms with Crippen LogP contribution in [0.5, 0.6) is 5.75 Å². The minimum Gasteiger partial charge on any atom is -0.507 e. The van der Waals surface area contributed by atoms with Crippen molar-refractivity contribution in [2.24, 2.45) is 0 Å². The zero-order valence-corrected chi connectivity index (χ0v) is 17.3. The number of halogens is 2. The number of hydrogen-bond acceptors (Lipinski definition) is 4. The minimum absolute atomic E-state index is 0.0680. The predicted molar refractivity (Wildman–Crippen MR) is 115 cm³/mol. The summed E-state index contributed by atoms with van der Waals surface area (Å²) in [4.78, 5) is 27.4. The zero-order valence-electron chi connectivity index (χ0n) is 17.3. The molecule has 7 heteroatoms. The number of rotatable bonds is 4. The quantitative estimate of drug-likeness (QED) is 0.359. The van der Waals surface area contributed by atoms with Gasteiger partial charge in [0.1, 0.15) is 23.1 Å². The van der Waals surface area contributed by atoms with Gasteiger partial charge in [-0.25, -0.2) is 8.78 Å². The number of amides is 1. The molecule has 1 N–H and O–H groups in total. The van der Waals surface area contributed by atoms with Gasteiger partial charge < -0.3 is 9.84 Å². The molecule has 5 nitrogen and oxygen atoms in total. The number of hydrogen-bond donors (Lipinski definition) is 1. The predicted octanol–water partition coefficient (Wildman–Crippen LogP) is 4.91. The van der Waals surface area contributed by atoms with Gasteiger partial charge in [0.05, 0.1) is 24.3 Å². The van der Waals surface area contributed by atoms with Crippen LogP contribution in [0.2, 0.25) is 0 Å². The van der Waals surface area contributed by atoms with Crippen molar-refractivity contribution in [1.29, 1.82) is 0 Å². The largest absolute Gasteiger partial charge is 0.507 e. The Labute approximate surface area is 183 Å². The van der Waals surface area contributed by atoms with E-state index < -0.39 is 35.1 Å². The zero-order chi connectivity index (χ0) is 23.0. The third kappa shape index (κ3) is 3.62. The maximum atomic E-state index is 14.0. The maximum Gasteiger partial charge on any atom is 0.300 e. The first-order valence-corrected chi connectivity index (χ1v) is 9.79. The molecule has 3 aromatic rings. The number of anilines is 1. The molecule has 1 amide bonds. The van der Waals surface area contributed by atoms with Gasteiger partial charge in [0, 0.05) is 5.69 Å². The Morgan fingerprint density at radius 2 is 1.56 bits per heavy atom. The van der Waals surface area contributed by atoms with Crippen molar-refractivity contribution < 1.29 is 28.2 Å². The van der Waals surface area contributed by atoms with E-state index in [0.29, 0.717) is 11.3 Å². The summed E-state index contributed by atoms with van der Waals surface area (Å²) in [6.45, 7) is 1.88. The molecule has 1 saturated heterocycles. The van der Waals surface area contributed by atoms with Gasteiger partial charge in [-0.2, -0.15) is 0 Å². The third-order valence-electron chi connectivity index (χ3n) is 5.36. The van der Waals surface area contributed by atoms with Crippen LogP contribution in [-0.4, -0.2) is 23.9 Å². The molecule has 1 aliphatic rings. The number of ketones is 1. The van der Waals surface area contributed by atoms with Crippen molar-refractivity contribution in [1.82, 2.24) is 0 Å². The van der Waals surface area contributed by atoms with Gasteiger partial charge >= 0.3 is 0 Å². The van der Waals surface area contributed by atoms with Gasteiger partial charge in [0.2, 0.25) is 0 Å². The summed E-state index contributed by atoms with van der Waals surface area (Å²) in [7, 11) is 1.34. The molecule has 0 radical (unpaired) electrons. The molecular weight excluding hydrogens is 416 g/mol. The second-order valence-corrected chi connectivity index (χ2v) is 7.40. The summed E-state index contributed by atoms with van der Waals surface area (Å²) < 4.78 is 32.7. The Balaban J connectivity index is 1.98. The van der Waals surface area contributed by atoms with Crippen molar-refractivity contribution in [2.45, 2.75) is 13.0 Å².